The molecule has 2 aliphatic rings. The number of Topliss-reactive ketones (excluding diaryl/α,β-unsaturated/α-hetero) is 1. The number of carbonyl (C=O) groups excluding carboxylic acids is 1. The van der Waals surface area contributed by atoms with Crippen LogP contribution >= 0.6 is 0 Å². The van der Waals surface area contributed by atoms with Gasteiger partial charge < -0.3 is 10.6 Å². The van der Waals surface area contributed by atoms with E-state index in [1.165, 1.54) is 0 Å². The van der Waals surface area contributed by atoms with Crippen LogP contribution in [0, 0.1) is 5.41 Å². The number of para-hydroxylation sites is 2. The van der Waals surface area contributed by atoms with Crippen molar-refractivity contribution in [3.8, 4) is 0 Å². The molecule has 2 N–H and O–H groups in total. The molecule has 0 spiro atoms. The van der Waals surface area contributed by atoms with Crippen molar-refractivity contribution >= 4 is 17.2 Å². The van der Waals surface area contributed by atoms with Crippen LogP contribution in [0.3, 0.4) is 0 Å². The molecule has 3 heteroatoms. The fourth-order valence-electron chi connectivity index (χ4n) is 3.50. The summed E-state index contributed by atoms with van der Waals surface area (Å²) in [6, 6.07) is 8.35. The lowest BCUT2D eigenvalue weighted by atomic mass is 9.74. The topological polar surface area (TPSA) is 41.1 Å². The Balaban J connectivity index is 2.07. The van der Waals surface area contributed by atoms with Crippen LogP contribution in [0.1, 0.15) is 46.5 Å². The first-order valence-electron chi connectivity index (χ1n) is 7.89. The highest BCUT2D eigenvalue weighted by molar-refractivity contribution is 6.00. The molecule has 0 unspecified atom stereocenters. The maximum absolute atomic E-state index is 12.7. The highest BCUT2D eigenvalue weighted by Crippen LogP contribution is 2.42. The average Bonchev–Trinajstić information content (AvgIpc) is 2.53. The smallest absolute Gasteiger partial charge is 0.163 e. The molecule has 0 amide bonds. The molecular formula is C18H24N2O. The van der Waals surface area contributed by atoms with Crippen molar-refractivity contribution < 1.29 is 4.79 Å². The van der Waals surface area contributed by atoms with Crippen molar-refractivity contribution in [1.29, 1.82) is 0 Å². The molecule has 0 fully saturated rings. The second-order valence-electron chi connectivity index (χ2n) is 6.99. The van der Waals surface area contributed by atoms with Crippen LogP contribution in [0.2, 0.25) is 0 Å². The third kappa shape index (κ3) is 2.69. The predicted molar refractivity (Wildman–Crippen MR) is 87.4 cm³/mol. The molecule has 1 aliphatic heterocycles. The maximum Gasteiger partial charge on any atom is 0.163 e. The molecule has 1 heterocycles. The van der Waals surface area contributed by atoms with Crippen LogP contribution in [0.4, 0.5) is 11.4 Å². The quantitative estimate of drug-likeness (QED) is 0.849. The van der Waals surface area contributed by atoms with Gasteiger partial charge in [0.05, 0.1) is 17.4 Å². The van der Waals surface area contributed by atoms with Crippen LogP contribution in [0.15, 0.2) is 35.5 Å². The van der Waals surface area contributed by atoms with Gasteiger partial charge in [-0.3, -0.25) is 4.79 Å². The lowest BCUT2D eigenvalue weighted by Gasteiger charge is -2.34. The number of nitrogens with one attached hydrogen (secondary N) is 2. The van der Waals surface area contributed by atoms with Gasteiger partial charge in [0.15, 0.2) is 5.78 Å². The van der Waals surface area contributed by atoms with Gasteiger partial charge in [-0.1, -0.05) is 39.3 Å². The van der Waals surface area contributed by atoms with E-state index >= 15 is 0 Å². The Morgan fingerprint density at radius 1 is 1.19 bits per heavy atom. The first kappa shape index (κ1) is 14.2. The van der Waals surface area contributed by atoms with Crippen molar-refractivity contribution in [1.82, 2.24) is 0 Å². The Hall–Kier alpha value is -1.77. The number of anilines is 2. The van der Waals surface area contributed by atoms with E-state index in [0.29, 0.717) is 12.2 Å². The second kappa shape index (κ2) is 5.21. The van der Waals surface area contributed by atoms with Crippen molar-refractivity contribution in [2.75, 3.05) is 10.6 Å². The summed E-state index contributed by atoms with van der Waals surface area (Å²) in [5.74, 6) is 0.299. The lowest BCUT2D eigenvalue weighted by molar-refractivity contribution is -0.118. The molecule has 112 valence electrons. The molecule has 1 aromatic carbocycles. The lowest BCUT2D eigenvalue weighted by Crippen LogP contribution is -2.34. The summed E-state index contributed by atoms with van der Waals surface area (Å²) in [5.41, 5.74) is 4.31. The number of carbonyl (C=O) groups is 1. The Bertz CT molecular complexity index is 601. The minimum atomic E-state index is 0.0406. The van der Waals surface area contributed by atoms with Crippen LogP contribution in [0.5, 0.6) is 0 Å². The summed E-state index contributed by atoms with van der Waals surface area (Å²) in [4.78, 5) is 12.7. The van der Waals surface area contributed by atoms with E-state index in [1.807, 2.05) is 12.1 Å². The monoisotopic (exact) mass is 284 g/mol. The molecule has 1 aromatic rings. The Kier molecular flexibility index (Phi) is 3.52. The van der Waals surface area contributed by atoms with Crippen LogP contribution in [-0.4, -0.2) is 11.8 Å². The molecule has 0 saturated carbocycles. The van der Waals surface area contributed by atoms with Crippen molar-refractivity contribution in [2.45, 2.75) is 52.5 Å². The molecule has 0 radical (unpaired) electrons. The van der Waals surface area contributed by atoms with Gasteiger partial charge in [0, 0.05) is 17.7 Å². The Labute approximate surface area is 126 Å². The number of fused-ring (bicyclic) bond motifs is 1. The zero-order valence-electron chi connectivity index (χ0n) is 13.1. The number of allylic oxidation sites excluding steroid dienone is 1. The summed E-state index contributed by atoms with van der Waals surface area (Å²) in [6.45, 7) is 6.52. The minimum absolute atomic E-state index is 0.0406. The van der Waals surface area contributed by atoms with Crippen molar-refractivity contribution in [2.24, 2.45) is 5.41 Å². The van der Waals surface area contributed by atoms with Gasteiger partial charge in [-0.25, -0.2) is 0 Å². The van der Waals surface area contributed by atoms with Crippen molar-refractivity contribution in [3.05, 3.63) is 35.5 Å². The fourth-order valence-corrected chi connectivity index (χ4v) is 3.50. The molecule has 1 aliphatic carbocycles. The van der Waals surface area contributed by atoms with E-state index in [-0.39, 0.29) is 11.5 Å². The molecule has 21 heavy (non-hydrogen) atoms. The molecule has 0 aromatic heterocycles. The zero-order chi connectivity index (χ0) is 15.0. The number of benzene rings is 1. The van der Waals surface area contributed by atoms with Gasteiger partial charge >= 0.3 is 0 Å². The summed E-state index contributed by atoms with van der Waals surface area (Å²) < 4.78 is 0. The van der Waals surface area contributed by atoms with Gasteiger partial charge in [-0.15, -0.1) is 0 Å². The molecule has 3 nitrogen and oxygen atoms in total. The first-order chi connectivity index (χ1) is 10.00. The van der Waals surface area contributed by atoms with E-state index in [2.05, 4.69) is 43.5 Å². The van der Waals surface area contributed by atoms with Gasteiger partial charge in [0.1, 0.15) is 0 Å². The molecule has 0 saturated heterocycles. The Morgan fingerprint density at radius 2 is 1.90 bits per heavy atom. The summed E-state index contributed by atoms with van der Waals surface area (Å²) in [7, 11) is 0. The highest BCUT2D eigenvalue weighted by atomic mass is 16.1. The zero-order valence-corrected chi connectivity index (χ0v) is 13.1. The third-order valence-electron chi connectivity index (χ3n) is 4.39. The molecular weight excluding hydrogens is 260 g/mol. The number of ketones is 1. The average molecular weight is 284 g/mol. The minimum Gasteiger partial charge on any atom is -0.376 e. The first-order valence-corrected chi connectivity index (χ1v) is 7.89. The van der Waals surface area contributed by atoms with Crippen LogP contribution in [0.25, 0.3) is 0 Å². The largest absolute Gasteiger partial charge is 0.376 e. The van der Waals surface area contributed by atoms with E-state index < -0.39 is 0 Å². The summed E-state index contributed by atoms with van der Waals surface area (Å²) in [6.07, 6.45) is 3.63. The summed E-state index contributed by atoms with van der Waals surface area (Å²) >= 11 is 0. The number of hydrogen-bond donors (Lipinski definition) is 2. The third-order valence-corrected chi connectivity index (χ3v) is 4.39. The van der Waals surface area contributed by atoms with Crippen LogP contribution < -0.4 is 10.6 Å². The number of rotatable bonds is 2. The SMILES string of the molecule is CCC[C@H]1Nc2ccccc2NC2=C1C(=O)CC(C)(C)C2. The standard InChI is InChI=1S/C18H24N2O/c1-4-7-14-17-15(10-18(2,3)11-16(17)21)20-13-9-6-5-8-12(13)19-14/h5-6,8-9,14,19-20H,4,7,10-11H2,1-3H3/t14-/m1/s1. The van der Waals surface area contributed by atoms with Crippen LogP contribution in [-0.2, 0) is 4.79 Å². The highest BCUT2D eigenvalue weighted by Gasteiger charge is 2.37. The Morgan fingerprint density at radius 3 is 2.62 bits per heavy atom. The summed E-state index contributed by atoms with van der Waals surface area (Å²) in [5, 5.41) is 7.11. The van der Waals surface area contributed by atoms with Crippen molar-refractivity contribution in [3.63, 3.8) is 0 Å². The van der Waals surface area contributed by atoms with Gasteiger partial charge in [-0.05, 0) is 30.4 Å². The number of hydrogen-bond acceptors (Lipinski definition) is 3. The molecule has 3 rings (SSSR count). The second-order valence-corrected chi connectivity index (χ2v) is 6.99. The molecule has 1 atom stereocenters. The maximum atomic E-state index is 12.7. The van der Waals surface area contributed by atoms with Gasteiger partial charge in [-0.2, -0.15) is 0 Å². The van der Waals surface area contributed by atoms with E-state index in [0.717, 1.165) is 41.9 Å². The fraction of sp³-hybridized carbons (Fsp3) is 0.500. The van der Waals surface area contributed by atoms with Gasteiger partial charge in [0.25, 0.3) is 0 Å². The van der Waals surface area contributed by atoms with E-state index in [9.17, 15) is 4.79 Å². The molecule has 0 bridgehead atoms. The van der Waals surface area contributed by atoms with E-state index in [4.69, 9.17) is 0 Å². The van der Waals surface area contributed by atoms with Gasteiger partial charge in [0.2, 0.25) is 0 Å². The predicted octanol–water partition coefficient (Wildman–Crippen LogP) is 4.34. The van der Waals surface area contributed by atoms with E-state index in [1.54, 1.807) is 0 Å². The normalized spacial score (nSPS) is 23.6.